The molecule has 0 bridgehead atoms. The SMILES string of the molecule is Cc1cc(S(=O)(=O)N2CCN(Cc3cnn(C(C)(C)C)c3)CC2)c(C)s1. The summed E-state index contributed by atoms with van der Waals surface area (Å²) >= 11 is 1.54. The number of rotatable bonds is 4. The molecule has 3 heterocycles. The molecule has 0 N–H and O–H groups in total. The van der Waals surface area contributed by atoms with Crippen LogP contribution in [0.4, 0.5) is 0 Å². The lowest BCUT2D eigenvalue weighted by Gasteiger charge is -2.33. The van der Waals surface area contributed by atoms with Crippen LogP contribution in [0, 0.1) is 13.8 Å². The van der Waals surface area contributed by atoms with Crippen LogP contribution in [0.3, 0.4) is 0 Å². The summed E-state index contributed by atoms with van der Waals surface area (Å²) in [5.74, 6) is 0. The largest absolute Gasteiger partial charge is 0.296 e. The predicted molar refractivity (Wildman–Crippen MR) is 105 cm³/mol. The maximum absolute atomic E-state index is 12.9. The van der Waals surface area contributed by atoms with Crippen molar-refractivity contribution in [2.24, 2.45) is 0 Å². The number of aryl methyl sites for hydroxylation is 2. The van der Waals surface area contributed by atoms with E-state index in [0.717, 1.165) is 29.4 Å². The topological polar surface area (TPSA) is 58.4 Å². The molecule has 0 atom stereocenters. The van der Waals surface area contributed by atoms with Crippen LogP contribution in [-0.2, 0) is 22.1 Å². The molecular formula is C18H28N4O2S2. The van der Waals surface area contributed by atoms with Gasteiger partial charge in [-0.2, -0.15) is 9.40 Å². The van der Waals surface area contributed by atoms with Gasteiger partial charge in [-0.1, -0.05) is 0 Å². The van der Waals surface area contributed by atoms with E-state index in [9.17, 15) is 8.42 Å². The van der Waals surface area contributed by atoms with Crippen LogP contribution in [0.2, 0.25) is 0 Å². The van der Waals surface area contributed by atoms with Crippen molar-refractivity contribution in [3.8, 4) is 0 Å². The summed E-state index contributed by atoms with van der Waals surface area (Å²) in [7, 11) is -3.38. The monoisotopic (exact) mass is 396 g/mol. The van der Waals surface area contributed by atoms with Crippen molar-refractivity contribution in [1.29, 1.82) is 0 Å². The Bertz CT molecular complexity index is 869. The summed E-state index contributed by atoms with van der Waals surface area (Å²) in [4.78, 5) is 4.68. The lowest BCUT2D eigenvalue weighted by molar-refractivity contribution is 0.181. The van der Waals surface area contributed by atoms with Crippen LogP contribution in [0.15, 0.2) is 23.4 Å². The Morgan fingerprint density at radius 2 is 1.81 bits per heavy atom. The molecule has 144 valence electrons. The van der Waals surface area contributed by atoms with Gasteiger partial charge in [-0.25, -0.2) is 8.42 Å². The van der Waals surface area contributed by atoms with E-state index in [1.165, 1.54) is 5.56 Å². The van der Waals surface area contributed by atoms with Gasteiger partial charge in [-0.15, -0.1) is 11.3 Å². The van der Waals surface area contributed by atoms with Crippen molar-refractivity contribution in [2.45, 2.75) is 51.6 Å². The first-order valence-electron chi connectivity index (χ1n) is 8.91. The Hall–Kier alpha value is -1.22. The van der Waals surface area contributed by atoms with Crippen LogP contribution in [0.25, 0.3) is 0 Å². The van der Waals surface area contributed by atoms with Gasteiger partial charge in [0.05, 0.1) is 16.6 Å². The predicted octanol–water partition coefficient (Wildman–Crippen LogP) is 2.82. The van der Waals surface area contributed by atoms with E-state index in [1.807, 2.05) is 24.7 Å². The summed E-state index contributed by atoms with van der Waals surface area (Å²) in [5, 5.41) is 4.44. The van der Waals surface area contributed by atoms with Crippen LogP contribution < -0.4 is 0 Å². The van der Waals surface area contributed by atoms with Gasteiger partial charge in [-0.05, 0) is 40.7 Å². The second-order valence-electron chi connectivity index (χ2n) is 7.92. The fourth-order valence-electron chi connectivity index (χ4n) is 3.20. The standard InChI is InChI=1S/C18H28N4O2S2/c1-14-10-17(15(2)25-14)26(23,24)21-8-6-20(7-9-21)12-16-11-19-22(13-16)18(3,4)5/h10-11,13H,6-9,12H2,1-5H3. The molecule has 8 heteroatoms. The van der Waals surface area contributed by atoms with E-state index in [1.54, 1.807) is 21.7 Å². The Balaban J connectivity index is 1.62. The number of aromatic nitrogens is 2. The molecule has 0 aromatic carbocycles. The maximum Gasteiger partial charge on any atom is 0.244 e. The van der Waals surface area contributed by atoms with Crippen LogP contribution >= 0.6 is 11.3 Å². The van der Waals surface area contributed by atoms with E-state index in [2.05, 4.69) is 37.0 Å². The summed E-state index contributed by atoms with van der Waals surface area (Å²) in [6, 6.07) is 1.79. The summed E-state index contributed by atoms with van der Waals surface area (Å²) in [5.41, 5.74) is 1.14. The first-order chi connectivity index (χ1) is 12.1. The molecule has 1 aliphatic rings. The zero-order chi connectivity index (χ0) is 19.1. The zero-order valence-electron chi connectivity index (χ0n) is 16.2. The molecule has 2 aromatic rings. The van der Waals surface area contributed by atoms with Crippen molar-refractivity contribution in [3.05, 3.63) is 33.8 Å². The van der Waals surface area contributed by atoms with E-state index >= 15 is 0 Å². The number of thiophene rings is 1. The first-order valence-corrected chi connectivity index (χ1v) is 11.2. The van der Waals surface area contributed by atoms with Crippen LogP contribution in [0.5, 0.6) is 0 Å². The van der Waals surface area contributed by atoms with Gasteiger partial charge >= 0.3 is 0 Å². The third-order valence-corrected chi connectivity index (χ3v) is 7.79. The van der Waals surface area contributed by atoms with Gasteiger partial charge in [0, 0.05) is 54.2 Å². The molecular weight excluding hydrogens is 368 g/mol. The van der Waals surface area contributed by atoms with Crippen molar-refractivity contribution in [3.63, 3.8) is 0 Å². The molecule has 1 fully saturated rings. The van der Waals surface area contributed by atoms with Crippen molar-refractivity contribution in [2.75, 3.05) is 26.2 Å². The Morgan fingerprint density at radius 1 is 1.15 bits per heavy atom. The van der Waals surface area contributed by atoms with Crippen LogP contribution in [-0.4, -0.2) is 53.6 Å². The third kappa shape index (κ3) is 4.03. The van der Waals surface area contributed by atoms with Crippen molar-refractivity contribution in [1.82, 2.24) is 19.0 Å². The number of nitrogens with zero attached hydrogens (tertiary/aromatic N) is 4. The Labute approximate surface area is 160 Å². The van der Waals surface area contributed by atoms with Crippen molar-refractivity contribution < 1.29 is 8.42 Å². The molecule has 0 spiro atoms. The molecule has 0 amide bonds. The van der Waals surface area contributed by atoms with Crippen LogP contribution in [0.1, 0.15) is 36.1 Å². The summed E-state index contributed by atoms with van der Waals surface area (Å²) in [6.07, 6.45) is 3.99. The maximum atomic E-state index is 12.9. The molecule has 0 aliphatic carbocycles. The summed E-state index contributed by atoms with van der Waals surface area (Å²) in [6.45, 7) is 13.6. The molecule has 26 heavy (non-hydrogen) atoms. The number of piperazine rings is 1. The lowest BCUT2D eigenvalue weighted by atomic mass is 10.1. The average Bonchev–Trinajstić information content (AvgIpc) is 3.14. The van der Waals surface area contributed by atoms with Gasteiger partial charge in [0.15, 0.2) is 0 Å². The molecule has 2 aromatic heterocycles. The molecule has 0 radical (unpaired) electrons. The third-order valence-electron chi connectivity index (χ3n) is 4.67. The van der Waals surface area contributed by atoms with Gasteiger partial charge in [0.1, 0.15) is 0 Å². The minimum Gasteiger partial charge on any atom is -0.296 e. The molecule has 0 saturated carbocycles. The fraction of sp³-hybridized carbons (Fsp3) is 0.611. The quantitative estimate of drug-likeness (QED) is 0.797. The second-order valence-corrected chi connectivity index (χ2v) is 11.3. The molecule has 0 unspecified atom stereocenters. The highest BCUT2D eigenvalue weighted by atomic mass is 32.2. The highest BCUT2D eigenvalue weighted by Crippen LogP contribution is 2.28. The zero-order valence-corrected chi connectivity index (χ0v) is 17.8. The minimum atomic E-state index is -3.38. The fourth-order valence-corrected chi connectivity index (χ4v) is 6.14. The smallest absolute Gasteiger partial charge is 0.244 e. The second kappa shape index (κ2) is 7.07. The van der Waals surface area contributed by atoms with E-state index in [4.69, 9.17) is 0 Å². The van der Waals surface area contributed by atoms with E-state index < -0.39 is 10.0 Å². The van der Waals surface area contributed by atoms with Gasteiger partial charge in [0.25, 0.3) is 0 Å². The van der Waals surface area contributed by atoms with Crippen molar-refractivity contribution >= 4 is 21.4 Å². The molecule has 6 nitrogen and oxygen atoms in total. The summed E-state index contributed by atoms with van der Waals surface area (Å²) < 4.78 is 29.4. The normalized spacial score (nSPS) is 17.7. The lowest BCUT2D eigenvalue weighted by Crippen LogP contribution is -2.48. The highest BCUT2D eigenvalue weighted by Gasteiger charge is 2.30. The Kier molecular flexibility index (Phi) is 5.31. The van der Waals surface area contributed by atoms with E-state index in [0.29, 0.717) is 18.0 Å². The van der Waals surface area contributed by atoms with Gasteiger partial charge in [0.2, 0.25) is 10.0 Å². The first kappa shape index (κ1) is 19.5. The van der Waals surface area contributed by atoms with Gasteiger partial charge in [-0.3, -0.25) is 9.58 Å². The number of hydrogen-bond donors (Lipinski definition) is 0. The highest BCUT2D eigenvalue weighted by molar-refractivity contribution is 7.89. The molecule has 1 saturated heterocycles. The molecule has 1 aliphatic heterocycles. The average molecular weight is 397 g/mol. The Morgan fingerprint density at radius 3 is 2.31 bits per heavy atom. The van der Waals surface area contributed by atoms with E-state index in [-0.39, 0.29) is 5.54 Å². The number of sulfonamides is 1. The molecule has 3 rings (SSSR count). The van der Waals surface area contributed by atoms with Gasteiger partial charge < -0.3 is 0 Å². The number of hydrogen-bond acceptors (Lipinski definition) is 5. The minimum absolute atomic E-state index is 0.0262.